The Morgan fingerprint density at radius 2 is 1.62 bits per heavy atom. The number of nitrogens with zero attached hydrogens (tertiary/aromatic N) is 1. The standard InChI is InChI=1S/C22H25NO3/c1-15-9-11-17(12-10-15)22(2,3)21(26)23-13-18(19(14-23)20(24)25)16-7-5-4-6-8-16/h4-12,18-19H,13-14H2,1-3H3,(H,24,25). The van der Waals surface area contributed by atoms with Gasteiger partial charge in [-0.25, -0.2) is 0 Å². The van der Waals surface area contributed by atoms with Gasteiger partial charge in [-0.3, -0.25) is 9.59 Å². The van der Waals surface area contributed by atoms with Gasteiger partial charge in [0.15, 0.2) is 0 Å². The second-order valence-corrected chi connectivity index (χ2v) is 7.66. The van der Waals surface area contributed by atoms with E-state index in [2.05, 4.69) is 0 Å². The fraction of sp³-hybridized carbons (Fsp3) is 0.364. The van der Waals surface area contributed by atoms with Gasteiger partial charge in [0.25, 0.3) is 0 Å². The molecule has 1 aliphatic rings. The molecule has 3 rings (SSSR count). The summed E-state index contributed by atoms with van der Waals surface area (Å²) < 4.78 is 0. The first-order chi connectivity index (χ1) is 12.3. The Morgan fingerprint density at radius 3 is 2.19 bits per heavy atom. The zero-order chi connectivity index (χ0) is 18.9. The number of carbonyl (C=O) groups is 2. The molecule has 4 heteroatoms. The van der Waals surface area contributed by atoms with Crippen molar-refractivity contribution in [1.82, 2.24) is 4.90 Å². The van der Waals surface area contributed by atoms with Crippen molar-refractivity contribution in [1.29, 1.82) is 0 Å². The van der Waals surface area contributed by atoms with E-state index in [9.17, 15) is 14.7 Å². The van der Waals surface area contributed by atoms with Crippen LogP contribution in [0.1, 0.15) is 36.5 Å². The van der Waals surface area contributed by atoms with Crippen molar-refractivity contribution in [2.45, 2.75) is 32.1 Å². The van der Waals surface area contributed by atoms with Crippen molar-refractivity contribution in [3.63, 3.8) is 0 Å². The van der Waals surface area contributed by atoms with Crippen LogP contribution in [0.3, 0.4) is 0 Å². The van der Waals surface area contributed by atoms with Crippen LogP contribution in [0.15, 0.2) is 54.6 Å². The number of aryl methyl sites for hydroxylation is 1. The van der Waals surface area contributed by atoms with Gasteiger partial charge in [-0.2, -0.15) is 0 Å². The molecule has 1 N–H and O–H groups in total. The Morgan fingerprint density at radius 1 is 1.00 bits per heavy atom. The van der Waals surface area contributed by atoms with Crippen molar-refractivity contribution in [3.8, 4) is 0 Å². The average Bonchev–Trinajstić information content (AvgIpc) is 3.07. The van der Waals surface area contributed by atoms with Crippen molar-refractivity contribution < 1.29 is 14.7 Å². The highest BCUT2D eigenvalue weighted by Gasteiger charge is 2.44. The second kappa shape index (κ2) is 6.94. The van der Waals surface area contributed by atoms with Crippen LogP contribution >= 0.6 is 0 Å². The van der Waals surface area contributed by atoms with E-state index < -0.39 is 17.3 Å². The minimum absolute atomic E-state index is 0.0222. The van der Waals surface area contributed by atoms with E-state index in [0.29, 0.717) is 6.54 Å². The zero-order valence-corrected chi connectivity index (χ0v) is 15.5. The molecule has 1 amide bonds. The van der Waals surface area contributed by atoms with Gasteiger partial charge in [0.2, 0.25) is 5.91 Å². The lowest BCUT2D eigenvalue weighted by Gasteiger charge is -2.30. The molecule has 2 unspecified atom stereocenters. The summed E-state index contributed by atoms with van der Waals surface area (Å²) in [5, 5.41) is 9.66. The first-order valence-corrected chi connectivity index (χ1v) is 8.95. The molecule has 0 spiro atoms. The fourth-order valence-electron chi connectivity index (χ4n) is 3.75. The van der Waals surface area contributed by atoms with Crippen LogP contribution in [0.2, 0.25) is 0 Å². The molecule has 1 fully saturated rings. The van der Waals surface area contributed by atoms with E-state index in [1.165, 1.54) is 0 Å². The maximum atomic E-state index is 13.2. The Labute approximate surface area is 154 Å². The zero-order valence-electron chi connectivity index (χ0n) is 15.5. The Bertz CT molecular complexity index is 796. The lowest BCUT2D eigenvalue weighted by molar-refractivity contribution is -0.142. The van der Waals surface area contributed by atoms with Crippen LogP contribution in [0, 0.1) is 12.8 Å². The Kier molecular flexibility index (Phi) is 4.86. The molecule has 1 heterocycles. The molecule has 1 aliphatic heterocycles. The number of carboxylic acids is 1. The smallest absolute Gasteiger partial charge is 0.308 e. The van der Waals surface area contributed by atoms with Crippen LogP contribution in [0.25, 0.3) is 0 Å². The summed E-state index contributed by atoms with van der Waals surface area (Å²) in [6.45, 7) is 6.52. The van der Waals surface area contributed by atoms with Gasteiger partial charge < -0.3 is 10.0 Å². The Hall–Kier alpha value is -2.62. The number of carboxylic acid groups (broad SMARTS) is 1. The number of rotatable bonds is 4. The van der Waals surface area contributed by atoms with E-state index in [1.807, 2.05) is 75.4 Å². The SMILES string of the molecule is Cc1ccc(C(C)(C)C(=O)N2CC(C(=O)O)C(c3ccccc3)C2)cc1. The van der Waals surface area contributed by atoms with Crippen molar-refractivity contribution in [3.05, 3.63) is 71.3 Å². The molecule has 0 bridgehead atoms. The quantitative estimate of drug-likeness (QED) is 0.916. The fourth-order valence-corrected chi connectivity index (χ4v) is 3.75. The van der Waals surface area contributed by atoms with Gasteiger partial charge in [0.1, 0.15) is 0 Å². The molecule has 2 aromatic rings. The summed E-state index contributed by atoms with van der Waals surface area (Å²) in [6.07, 6.45) is 0. The summed E-state index contributed by atoms with van der Waals surface area (Å²) in [5.74, 6) is -1.62. The van der Waals surface area contributed by atoms with Gasteiger partial charge in [-0.15, -0.1) is 0 Å². The third-order valence-electron chi connectivity index (χ3n) is 5.46. The largest absolute Gasteiger partial charge is 0.481 e. The summed E-state index contributed by atoms with van der Waals surface area (Å²) >= 11 is 0. The predicted molar refractivity (Wildman–Crippen MR) is 101 cm³/mol. The summed E-state index contributed by atoms with van der Waals surface area (Å²) in [6, 6.07) is 17.6. The summed E-state index contributed by atoms with van der Waals surface area (Å²) in [7, 11) is 0. The summed E-state index contributed by atoms with van der Waals surface area (Å²) in [5.41, 5.74) is 2.38. The molecule has 2 atom stereocenters. The maximum Gasteiger partial charge on any atom is 0.308 e. The number of hydrogen-bond donors (Lipinski definition) is 1. The minimum atomic E-state index is -0.845. The molecule has 0 aromatic heterocycles. The van der Waals surface area contributed by atoms with Gasteiger partial charge >= 0.3 is 5.97 Å². The molecule has 0 aliphatic carbocycles. The van der Waals surface area contributed by atoms with E-state index >= 15 is 0 Å². The van der Waals surface area contributed by atoms with Crippen LogP contribution in [0.5, 0.6) is 0 Å². The maximum absolute atomic E-state index is 13.2. The van der Waals surface area contributed by atoms with Crippen LogP contribution in [0.4, 0.5) is 0 Å². The van der Waals surface area contributed by atoms with Crippen LogP contribution < -0.4 is 0 Å². The van der Waals surface area contributed by atoms with E-state index in [-0.39, 0.29) is 18.4 Å². The monoisotopic (exact) mass is 351 g/mol. The van der Waals surface area contributed by atoms with Crippen LogP contribution in [-0.2, 0) is 15.0 Å². The average molecular weight is 351 g/mol. The molecule has 0 saturated carbocycles. The lowest BCUT2D eigenvalue weighted by Crippen LogP contribution is -2.42. The minimum Gasteiger partial charge on any atom is -0.481 e. The number of likely N-dealkylation sites (tertiary alicyclic amines) is 1. The van der Waals surface area contributed by atoms with E-state index in [0.717, 1.165) is 16.7 Å². The van der Waals surface area contributed by atoms with Gasteiger partial charge in [0.05, 0.1) is 11.3 Å². The topological polar surface area (TPSA) is 57.6 Å². The molecule has 136 valence electrons. The number of aliphatic carboxylic acids is 1. The third-order valence-corrected chi connectivity index (χ3v) is 5.46. The van der Waals surface area contributed by atoms with Gasteiger partial charge in [-0.05, 0) is 31.9 Å². The highest BCUT2D eigenvalue weighted by Crippen LogP contribution is 2.36. The van der Waals surface area contributed by atoms with E-state index in [1.54, 1.807) is 4.90 Å². The van der Waals surface area contributed by atoms with E-state index in [4.69, 9.17) is 0 Å². The molecule has 0 radical (unpaired) electrons. The Balaban J connectivity index is 1.86. The first-order valence-electron chi connectivity index (χ1n) is 8.95. The molecule has 2 aromatic carbocycles. The molecular weight excluding hydrogens is 326 g/mol. The number of carbonyl (C=O) groups excluding carboxylic acids is 1. The van der Waals surface area contributed by atoms with Crippen molar-refractivity contribution >= 4 is 11.9 Å². The lowest BCUT2D eigenvalue weighted by atomic mass is 9.83. The second-order valence-electron chi connectivity index (χ2n) is 7.66. The van der Waals surface area contributed by atoms with Crippen LogP contribution in [-0.4, -0.2) is 35.0 Å². The highest BCUT2D eigenvalue weighted by atomic mass is 16.4. The first kappa shape index (κ1) is 18.2. The molecule has 26 heavy (non-hydrogen) atoms. The van der Waals surface area contributed by atoms with Gasteiger partial charge in [0, 0.05) is 19.0 Å². The predicted octanol–water partition coefficient (Wildman–Crippen LogP) is 3.60. The molecule has 4 nitrogen and oxygen atoms in total. The molecular formula is C22H25NO3. The van der Waals surface area contributed by atoms with Crippen molar-refractivity contribution in [2.75, 3.05) is 13.1 Å². The number of benzene rings is 2. The van der Waals surface area contributed by atoms with Crippen molar-refractivity contribution in [2.24, 2.45) is 5.92 Å². The van der Waals surface area contributed by atoms with Gasteiger partial charge in [-0.1, -0.05) is 60.2 Å². The highest BCUT2D eigenvalue weighted by molar-refractivity contribution is 5.88. The summed E-state index contributed by atoms with van der Waals surface area (Å²) in [4.78, 5) is 26.7. The number of amides is 1. The number of hydrogen-bond acceptors (Lipinski definition) is 2. The normalized spacial score (nSPS) is 20.2. The third kappa shape index (κ3) is 3.36. The molecule has 1 saturated heterocycles.